The standard InChI is InChI=1S/C10H11Br2N5/c11-6-4-7(12)9(14-5-6)10-15-8(16-17-10)2-1-3-13/h4-5H,1-3,13H2,(H,15,16,17). The summed E-state index contributed by atoms with van der Waals surface area (Å²) in [5.74, 6) is 1.43. The fourth-order valence-corrected chi connectivity index (χ4v) is 2.53. The zero-order chi connectivity index (χ0) is 12.3. The van der Waals surface area contributed by atoms with Crippen molar-refractivity contribution in [2.24, 2.45) is 5.73 Å². The van der Waals surface area contributed by atoms with E-state index in [0.29, 0.717) is 12.4 Å². The minimum Gasteiger partial charge on any atom is -0.330 e. The number of pyridine rings is 1. The zero-order valence-corrected chi connectivity index (χ0v) is 12.1. The van der Waals surface area contributed by atoms with Crippen LogP contribution in [0.1, 0.15) is 12.2 Å². The van der Waals surface area contributed by atoms with Crippen LogP contribution in [-0.2, 0) is 6.42 Å². The van der Waals surface area contributed by atoms with Gasteiger partial charge in [0.15, 0.2) is 0 Å². The molecular weight excluding hydrogens is 350 g/mol. The predicted molar refractivity (Wildman–Crippen MR) is 72.4 cm³/mol. The van der Waals surface area contributed by atoms with Gasteiger partial charge in [-0.05, 0) is 50.9 Å². The van der Waals surface area contributed by atoms with E-state index in [1.165, 1.54) is 0 Å². The average Bonchev–Trinajstić information content (AvgIpc) is 2.75. The largest absolute Gasteiger partial charge is 0.330 e. The second-order valence-corrected chi connectivity index (χ2v) is 5.25. The van der Waals surface area contributed by atoms with Gasteiger partial charge >= 0.3 is 0 Å². The fraction of sp³-hybridized carbons (Fsp3) is 0.300. The highest BCUT2D eigenvalue weighted by atomic mass is 79.9. The zero-order valence-electron chi connectivity index (χ0n) is 8.95. The molecule has 0 amide bonds. The normalized spacial score (nSPS) is 10.8. The van der Waals surface area contributed by atoms with E-state index in [1.54, 1.807) is 6.20 Å². The van der Waals surface area contributed by atoms with E-state index in [4.69, 9.17) is 5.73 Å². The van der Waals surface area contributed by atoms with Crippen LogP contribution in [0.4, 0.5) is 0 Å². The molecule has 3 N–H and O–H groups in total. The summed E-state index contributed by atoms with van der Waals surface area (Å²) >= 11 is 6.79. The Morgan fingerprint density at radius 3 is 2.88 bits per heavy atom. The Labute approximate surface area is 115 Å². The van der Waals surface area contributed by atoms with Gasteiger partial charge in [0.25, 0.3) is 0 Å². The first-order valence-corrected chi connectivity index (χ1v) is 6.72. The minimum absolute atomic E-state index is 0.594. The molecule has 0 aromatic carbocycles. The summed E-state index contributed by atoms with van der Waals surface area (Å²) in [4.78, 5) is 8.66. The molecule has 0 aliphatic heterocycles. The van der Waals surface area contributed by atoms with Gasteiger partial charge in [0.05, 0.1) is 0 Å². The lowest BCUT2D eigenvalue weighted by molar-refractivity contribution is 0.785. The SMILES string of the molecule is NCCCc1nc(-c2ncc(Br)cc2Br)n[nH]1. The van der Waals surface area contributed by atoms with Crippen molar-refractivity contribution in [1.29, 1.82) is 0 Å². The Hall–Kier alpha value is -0.790. The molecule has 90 valence electrons. The van der Waals surface area contributed by atoms with Crippen LogP contribution in [0.3, 0.4) is 0 Å². The van der Waals surface area contributed by atoms with Crippen LogP contribution in [0, 0.1) is 0 Å². The summed E-state index contributed by atoms with van der Waals surface area (Å²) in [5, 5.41) is 7.04. The summed E-state index contributed by atoms with van der Waals surface area (Å²) in [6, 6.07) is 1.91. The molecule has 0 bridgehead atoms. The predicted octanol–water partition coefficient (Wildman–Crippen LogP) is 2.28. The third kappa shape index (κ3) is 3.11. The van der Waals surface area contributed by atoms with E-state index in [0.717, 1.165) is 33.3 Å². The van der Waals surface area contributed by atoms with Crippen molar-refractivity contribution in [2.75, 3.05) is 6.54 Å². The van der Waals surface area contributed by atoms with Crippen LogP contribution in [0.15, 0.2) is 21.2 Å². The van der Waals surface area contributed by atoms with Crippen LogP contribution < -0.4 is 5.73 Å². The molecule has 0 unspecified atom stereocenters. The van der Waals surface area contributed by atoms with Gasteiger partial charge in [-0.15, -0.1) is 0 Å². The Morgan fingerprint density at radius 2 is 2.18 bits per heavy atom. The van der Waals surface area contributed by atoms with Crippen molar-refractivity contribution in [3.8, 4) is 11.5 Å². The monoisotopic (exact) mass is 359 g/mol. The molecule has 0 aliphatic carbocycles. The molecule has 0 aliphatic rings. The quantitative estimate of drug-likeness (QED) is 0.876. The van der Waals surface area contributed by atoms with Crippen LogP contribution >= 0.6 is 31.9 Å². The first-order chi connectivity index (χ1) is 8.20. The third-order valence-corrected chi connectivity index (χ3v) is 3.21. The third-order valence-electron chi connectivity index (χ3n) is 2.17. The van der Waals surface area contributed by atoms with E-state index in [-0.39, 0.29) is 0 Å². The lowest BCUT2D eigenvalue weighted by Gasteiger charge is -1.98. The van der Waals surface area contributed by atoms with E-state index in [9.17, 15) is 0 Å². The van der Waals surface area contributed by atoms with Crippen molar-refractivity contribution in [3.63, 3.8) is 0 Å². The Kier molecular flexibility index (Phi) is 4.25. The number of nitrogens with two attached hydrogens (primary N) is 1. The van der Waals surface area contributed by atoms with Gasteiger partial charge in [0.1, 0.15) is 11.5 Å². The van der Waals surface area contributed by atoms with E-state index < -0.39 is 0 Å². The summed E-state index contributed by atoms with van der Waals surface area (Å²) < 4.78 is 1.77. The summed E-state index contributed by atoms with van der Waals surface area (Å²) in [6.45, 7) is 0.649. The maximum atomic E-state index is 5.45. The highest BCUT2D eigenvalue weighted by molar-refractivity contribution is 9.11. The molecule has 0 saturated carbocycles. The number of halogens is 2. The lowest BCUT2D eigenvalue weighted by atomic mass is 10.3. The number of aromatic nitrogens is 4. The number of aryl methyl sites for hydroxylation is 1. The Balaban J connectivity index is 2.24. The van der Waals surface area contributed by atoms with Gasteiger partial charge in [-0.25, -0.2) is 4.98 Å². The topological polar surface area (TPSA) is 80.5 Å². The molecule has 0 saturated heterocycles. The van der Waals surface area contributed by atoms with Crippen molar-refractivity contribution in [1.82, 2.24) is 20.2 Å². The van der Waals surface area contributed by atoms with Gasteiger partial charge in [-0.3, -0.25) is 10.1 Å². The molecule has 5 nitrogen and oxygen atoms in total. The maximum Gasteiger partial charge on any atom is 0.200 e. The molecule has 2 aromatic rings. The molecule has 2 aromatic heterocycles. The number of rotatable bonds is 4. The second kappa shape index (κ2) is 5.70. The molecule has 0 spiro atoms. The fourth-order valence-electron chi connectivity index (χ4n) is 1.36. The molecule has 17 heavy (non-hydrogen) atoms. The summed E-state index contributed by atoms with van der Waals surface area (Å²) in [5.41, 5.74) is 6.17. The Bertz CT molecular complexity index is 511. The van der Waals surface area contributed by atoms with Gasteiger partial charge in [-0.2, -0.15) is 5.10 Å². The van der Waals surface area contributed by atoms with Gasteiger partial charge in [0.2, 0.25) is 5.82 Å². The van der Waals surface area contributed by atoms with Crippen molar-refractivity contribution in [3.05, 3.63) is 27.0 Å². The van der Waals surface area contributed by atoms with Gasteiger partial charge in [0, 0.05) is 21.6 Å². The van der Waals surface area contributed by atoms with Crippen molar-refractivity contribution in [2.45, 2.75) is 12.8 Å². The van der Waals surface area contributed by atoms with Gasteiger partial charge < -0.3 is 5.73 Å². The maximum absolute atomic E-state index is 5.45. The number of hydrogen-bond acceptors (Lipinski definition) is 4. The van der Waals surface area contributed by atoms with Crippen molar-refractivity contribution < 1.29 is 0 Å². The highest BCUT2D eigenvalue weighted by Gasteiger charge is 2.11. The first-order valence-electron chi connectivity index (χ1n) is 5.13. The average molecular weight is 361 g/mol. The minimum atomic E-state index is 0.594. The number of nitrogens with one attached hydrogen (secondary N) is 1. The molecular formula is C10H11Br2N5. The second-order valence-electron chi connectivity index (χ2n) is 3.48. The number of hydrogen-bond donors (Lipinski definition) is 2. The summed E-state index contributed by atoms with van der Waals surface area (Å²) in [7, 11) is 0. The van der Waals surface area contributed by atoms with Crippen LogP contribution in [0.2, 0.25) is 0 Å². The smallest absolute Gasteiger partial charge is 0.200 e. The molecule has 0 fully saturated rings. The number of H-pyrrole nitrogens is 1. The van der Waals surface area contributed by atoms with Gasteiger partial charge in [-0.1, -0.05) is 0 Å². The molecule has 0 radical (unpaired) electrons. The molecule has 2 heterocycles. The Morgan fingerprint density at radius 1 is 1.35 bits per heavy atom. The molecule has 0 atom stereocenters. The number of aromatic amines is 1. The highest BCUT2D eigenvalue weighted by Crippen LogP contribution is 2.25. The molecule has 2 rings (SSSR count). The van der Waals surface area contributed by atoms with E-state index in [1.807, 2.05) is 6.07 Å². The van der Waals surface area contributed by atoms with E-state index in [2.05, 4.69) is 52.0 Å². The lowest BCUT2D eigenvalue weighted by Crippen LogP contribution is -2.01. The summed E-state index contributed by atoms with van der Waals surface area (Å²) in [6.07, 6.45) is 3.41. The first kappa shape index (κ1) is 12.7. The van der Waals surface area contributed by atoms with Crippen molar-refractivity contribution >= 4 is 31.9 Å². The number of nitrogens with zero attached hydrogens (tertiary/aromatic N) is 3. The van der Waals surface area contributed by atoms with Crippen LogP contribution in [0.5, 0.6) is 0 Å². The van der Waals surface area contributed by atoms with E-state index >= 15 is 0 Å². The molecule has 7 heteroatoms. The van der Waals surface area contributed by atoms with Crippen LogP contribution in [0.25, 0.3) is 11.5 Å². The van der Waals surface area contributed by atoms with Crippen LogP contribution in [-0.4, -0.2) is 26.7 Å².